The molecule has 3 rings (SSSR count). The fourth-order valence-electron chi connectivity index (χ4n) is 2.80. The second-order valence-electron chi connectivity index (χ2n) is 5.90. The molecule has 0 saturated heterocycles. The Bertz CT molecular complexity index is 858. The molecule has 1 N–H and O–H groups in total. The molecule has 128 valence electrons. The molecule has 0 radical (unpaired) electrons. The van der Waals surface area contributed by atoms with Crippen LogP contribution in [0.1, 0.15) is 48.2 Å². The normalized spacial score (nSPS) is 14.9. The summed E-state index contributed by atoms with van der Waals surface area (Å²) in [6.45, 7) is 2.31. The first-order chi connectivity index (χ1) is 11.5. The van der Waals surface area contributed by atoms with Crippen molar-refractivity contribution >= 4 is 15.8 Å². The molecular formula is C16H20N4O3S. The molecule has 0 spiro atoms. The molecule has 0 atom stereocenters. The third kappa shape index (κ3) is 3.54. The summed E-state index contributed by atoms with van der Waals surface area (Å²) in [6, 6.07) is 6.02. The van der Waals surface area contributed by atoms with Crippen molar-refractivity contribution in [3.05, 3.63) is 41.5 Å². The summed E-state index contributed by atoms with van der Waals surface area (Å²) in [5.41, 5.74) is 0.370. The van der Waals surface area contributed by atoms with Gasteiger partial charge in [-0.05, 0) is 31.9 Å². The van der Waals surface area contributed by atoms with Gasteiger partial charge in [0, 0.05) is 18.5 Å². The molecule has 1 aromatic carbocycles. The maximum absolute atomic E-state index is 12.5. The number of ketones is 1. The Labute approximate surface area is 141 Å². The molecule has 2 heterocycles. The number of Topliss-reactive ketones (excluding diaryl/α,β-unsaturated/α-hetero) is 1. The quantitative estimate of drug-likeness (QED) is 0.830. The highest BCUT2D eigenvalue weighted by Crippen LogP contribution is 2.16. The minimum atomic E-state index is -3.71. The molecule has 0 saturated carbocycles. The van der Waals surface area contributed by atoms with Gasteiger partial charge in [0.2, 0.25) is 10.0 Å². The molecule has 24 heavy (non-hydrogen) atoms. The zero-order valence-electron chi connectivity index (χ0n) is 13.5. The highest BCUT2D eigenvalue weighted by Gasteiger charge is 2.19. The van der Waals surface area contributed by atoms with E-state index < -0.39 is 10.0 Å². The van der Waals surface area contributed by atoms with Crippen molar-refractivity contribution in [2.45, 2.75) is 50.6 Å². The van der Waals surface area contributed by atoms with Gasteiger partial charge in [-0.25, -0.2) is 13.1 Å². The van der Waals surface area contributed by atoms with Crippen LogP contribution in [0.25, 0.3) is 0 Å². The Balaban J connectivity index is 1.77. The van der Waals surface area contributed by atoms with Crippen molar-refractivity contribution in [1.82, 2.24) is 19.5 Å². The van der Waals surface area contributed by atoms with E-state index in [-0.39, 0.29) is 17.2 Å². The largest absolute Gasteiger partial charge is 0.314 e. The Morgan fingerprint density at radius 2 is 2.08 bits per heavy atom. The molecule has 1 aliphatic rings. The molecule has 0 fully saturated rings. The third-order valence-corrected chi connectivity index (χ3v) is 5.56. The Hall–Kier alpha value is -2.06. The van der Waals surface area contributed by atoms with Crippen molar-refractivity contribution in [2.75, 3.05) is 0 Å². The smallest absolute Gasteiger partial charge is 0.240 e. The van der Waals surface area contributed by atoms with Crippen molar-refractivity contribution in [3.8, 4) is 0 Å². The lowest BCUT2D eigenvalue weighted by atomic mass is 10.2. The Morgan fingerprint density at radius 3 is 2.88 bits per heavy atom. The van der Waals surface area contributed by atoms with E-state index in [1.54, 1.807) is 12.1 Å². The number of rotatable bonds is 5. The summed E-state index contributed by atoms with van der Waals surface area (Å²) < 4.78 is 29.5. The van der Waals surface area contributed by atoms with Gasteiger partial charge in [0.15, 0.2) is 5.78 Å². The van der Waals surface area contributed by atoms with Gasteiger partial charge in [-0.2, -0.15) is 0 Å². The lowest BCUT2D eigenvalue weighted by Gasteiger charge is -2.09. The number of hydrogen-bond donors (Lipinski definition) is 1. The minimum absolute atomic E-state index is 0.0748. The van der Waals surface area contributed by atoms with Crippen molar-refractivity contribution in [3.63, 3.8) is 0 Å². The number of carbonyl (C=O) groups excluding carboxylic acids is 1. The molecule has 0 amide bonds. The molecule has 0 aliphatic carbocycles. The number of fused-ring (bicyclic) bond motifs is 1. The van der Waals surface area contributed by atoms with Crippen LogP contribution in [-0.4, -0.2) is 29.0 Å². The van der Waals surface area contributed by atoms with Crippen LogP contribution in [-0.2, 0) is 29.5 Å². The summed E-state index contributed by atoms with van der Waals surface area (Å²) in [5.74, 6) is 1.37. The number of nitrogens with zero attached hydrogens (tertiary/aromatic N) is 3. The first-order valence-corrected chi connectivity index (χ1v) is 9.47. The van der Waals surface area contributed by atoms with Crippen LogP contribution in [0.2, 0.25) is 0 Å². The highest BCUT2D eigenvalue weighted by molar-refractivity contribution is 7.89. The van der Waals surface area contributed by atoms with Crippen LogP contribution in [0, 0.1) is 0 Å². The molecular weight excluding hydrogens is 328 g/mol. The van der Waals surface area contributed by atoms with E-state index in [9.17, 15) is 13.2 Å². The zero-order chi connectivity index (χ0) is 17.2. The molecule has 2 aromatic rings. The van der Waals surface area contributed by atoms with Gasteiger partial charge in [0.1, 0.15) is 11.6 Å². The number of sulfonamides is 1. The number of aryl methyl sites for hydroxylation is 1. The summed E-state index contributed by atoms with van der Waals surface area (Å²) in [5, 5.41) is 8.27. The van der Waals surface area contributed by atoms with E-state index in [2.05, 4.69) is 14.9 Å². The van der Waals surface area contributed by atoms with Gasteiger partial charge in [0.05, 0.1) is 11.4 Å². The van der Waals surface area contributed by atoms with Gasteiger partial charge in [-0.15, -0.1) is 10.2 Å². The summed E-state index contributed by atoms with van der Waals surface area (Å²) in [6.07, 6.45) is 4.15. The van der Waals surface area contributed by atoms with Gasteiger partial charge < -0.3 is 4.57 Å². The highest BCUT2D eigenvalue weighted by atomic mass is 32.2. The van der Waals surface area contributed by atoms with Crippen LogP contribution in [0.15, 0.2) is 29.2 Å². The van der Waals surface area contributed by atoms with Crippen molar-refractivity contribution in [1.29, 1.82) is 0 Å². The zero-order valence-corrected chi connectivity index (χ0v) is 14.3. The lowest BCUT2D eigenvalue weighted by molar-refractivity contribution is 0.101. The first kappa shape index (κ1) is 16.8. The SMILES string of the molecule is CC(=O)c1cccc(S(=O)(=O)NCc2nnc3n2CCCCC3)c1. The van der Waals surface area contributed by atoms with E-state index in [1.165, 1.54) is 19.1 Å². The molecule has 7 nitrogen and oxygen atoms in total. The van der Waals surface area contributed by atoms with Gasteiger partial charge in [-0.3, -0.25) is 4.79 Å². The van der Waals surface area contributed by atoms with Crippen LogP contribution in [0.4, 0.5) is 0 Å². The van der Waals surface area contributed by atoms with Crippen LogP contribution in [0.3, 0.4) is 0 Å². The third-order valence-electron chi connectivity index (χ3n) is 4.16. The van der Waals surface area contributed by atoms with E-state index in [0.29, 0.717) is 11.4 Å². The Kier molecular flexibility index (Phi) is 4.77. The second-order valence-corrected chi connectivity index (χ2v) is 7.67. The predicted octanol–water partition coefficient (Wildman–Crippen LogP) is 1.69. The second kappa shape index (κ2) is 6.82. The van der Waals surface area contributed by atoms with Crippen LogP contribution < -0.4 is 4.72 Å². The summed E-state index contributed by atoms with van der Waals surface area (Å²) >= 11 is 0. The number of benzene rings is 1. The number of hydrogen-bond acceptors (Lipinski definition) is 5. The molecule has 1 aromatic heterocycles. The number of carbonyl (C=O) groups is 1. The monoisotopic (exact) mass is 348 g/mol. The lowest BCUT2D eigenvalue weighted by Crippen LogP contribution is -2.25. The number of aromatic nitrogens is 3. The fourth-order valence-corrected chi connectivity index (χ4v) is 3.83. The molecule has 8 heteroatoms. The minimum Gasteiger partial charge on any atom is -0.314 e. The van der Waals surface area contributed by atoms with Gasteiger partial charge in [0.25, 0.3) is 0 Å². The number of nitrogens with one attached hydrogen (secondary N) is 1. The van der Waals surface area contributed by atoms with E-state index >= 15 is 0 Å². The van der Waals surface area contributed by atoms with E-state index in [4.69, 9.17) is 0 Å². The average Bonchev–Trinajstić information content (AvgIpc) is 2.80. The summed E-state index contributed by atoms with van der Waals surface area (Å²) in [4.78, 5) is 11.5. The fraction of sp³-hybridized carbons (Fsp3) is 0.438. The molecule has 0 unspecified atom stereocenters. The average molecular weight is 348 g/mol. The van der Waals surface area contributed by atoms with Crippen molar-refractivity contribution in [2.24, 2.45) is 0 Å². The standard InChI is InChI=1S/C16H20N4O3S/c1-12(21)13-6-5-7-14(10-13)24(22,23)17-11-16-19-18-15-8-3-2-4-9-20(15)16/h5-7,10,17H,2-4,8-9,11H2,1H3. The maximum Gasteiger partial charge on any atom is 0.240 e. The molecule has 0 bridgehead atoms. The van der Waals surface area contributed by atoms with E-state index in [0.717, 1.165) is 38.1 Å². The van der Waals surface area contributed by atoms with Crippen LogP contribution in [0.5, 0.6) is 0 Å². The summed E-state index contributed by atoms with van der Waals surface area (Å²) in [7, 11) is -3.71. The van der Waals surface area contributed by atoms with Crippen molar-refractivity contribution < 1.29 is 13.2 Å². The topological polar surface area (TPSA) is 93.9 Å². The van der Waals surface area contributed by atoms with Gasteiger partial charge >= 0.3 is 0 Å². The first-order valence-electron chi connectivity index (χ1n) is 7.99. The van der Waals surface area contributed by atoms with Gasteiger partial charge in [-0.1, -0.05) is 18.6 Å². The predicted molar refractivity (Wildman–Crippen MR) is 88.0 cm³/mol. The Morgan fingerprint density at radius 1 is 1.25 bits per heavy atom. The van der Waals surface area contributed by atoms with E-state index in [1.807, 2.05) is 4.57 Å². The maximum atomic E-state index is 12.5. The molecule has 1 aliphatic heterocycles. The van der Waals surface area contributed by atoms with Crippen LogP contribution >= 0.6 is 0 Å².